The van der Waals surface area contributed by atoms with E-state index in [1.807, 2.05) is 17.8 Å². The zero-order valence-corrected chi connectivity index (χ0v) is 13.5. The molecule has 0 unspecified atom stereocenters. The highest BCUT2D eigenvalue weighted by molar-refractivity contribution is 7.98. The highest BCUT2D eigenvalue weighted by Gasteiger charge is 2.04. The second kappa shape index (κ2) is 8.70. The van der Waals surface area contributed by atoms with Crippen molar-refractivity contribution >= 4 is 11.8 Å². The molecule has 1 heterocycles. The summed E-state index contributed by atoms with van der Waals surface area (Å²) >= 11 is 1.81. The topological polar surface area (TPSA) is 34.2 Å². The molecule has 0 bridgehead atoms. The Labute approximate surface area is 131 Å². The summed E-state index contributed by atoms with van der Waals surface area (Å²) in [5, 5.41) is 3.43. The van der Waals surface area contributed by atoms with Crippen LogP contribution in [0.1, 0.15) is 24.5 Å². The minimum atomic E-state index is 0.714. The summed E-state index contributed by atoms with van der Waals surface area (Å²) in [7, 11) is 1.66. The van der Waals surface area contributed by atoms with Gasteiger partial charge in [-0.3, -0.25) is 0 Å². The first-order valence-electron chi connectivity index (χ1n) is 7.24. The summed E-state index contributed by atoms with van der Waals surface area (Å²) in [5.41, 5.74) is 2.45. The van der Waals surface area contributed by atoms with Gasteiger partial charge in [0.2, 0.25) is 5.88 Å². The number of hydrogen-bond donors (Lipinski definition) is 1. The predicted octanol–water partition coefficient (Wildman–Crippen LogP) is 3.88. The van der Waals surface area contributed by atoms with E-state index in [0.29, 0.717) is 5.88 Å². The van der Waals surface area contributed by atoms with Gasteiger partial charge in [-0.2, -0.15) is 0 Å². The number of thioether (sulfide) groups is 1. The molecule has 2 rings (SSSR count). The molecule has 3 nitrogen and oxygen atoms in total. The van der Waals surface area contributed by atoms with Gasteiger partial charge in [-0.25, -0.2) is 4.98 Å². The Morgan fingerprint density at radius 1 is 1.24 bits per heavy atom. The molecule has 0 atom stereocenters. The Balaban J connectivity index is 1.95. The van der Waals surface area contributed by atoms with Gasteiger partial charge in [0.1, 0.15) is 0 Å². The molecule has 1 aromatic carbocycles. The Hall–Kier alpha value is -1.52. The van der Waals surface area contributed by atoms with Crippen LogP contribution in [0.15, 0.2) is 47.5 Å². The van der Waals surface area contributed by atoms with E-state index in [0.717, 1.165) is 30.8 Å². The molecule has 112 valence electrons. The van der Waals surface area contributed by atoms with Gasteiger partial charge >= 0.3 is 0 Å². The third-order valence-corrected chi connectivity index (χ3v) is 4.13. The Kier molecular flexibility index (Phi) is 6.57. The van der Waals surface area contributed by atoms with Gasteiger partial charge in [0, 0.05) is 29.0 Å². The molecular weight excluding hydrogens is 280 g/mol. The van der Waals surface area contributed by atoms with Crippen LogP contribution in [0, 0.1) is 0 Å². The van der Waals surface area contributed by atoms with Crippen molar-refractivity contribution in [2.24, 2.45) is 0 Å². The zero-order valence-electron chi connectivity index (χ0n) is 12.6. The van der Waals surface area contributed by atoms with Crippen molar-refractivity contribution in [1.29, 1.82) is 0 Å². The van der Waals surface area contributed by atoms with Gasteiger partial charge in [0.25, 0.3) is 0 Å². The van der Waals surface area contributed by atoms with Crippen molar-refractivity contribution in [2.45, 2.75) is 30.5 Å². The minimum Gasteiger partial charge on any atom is -0.481 e. The van der Waals surface area contributed by atoms with E-state index >= 15 is 0 Å². The van der Waals surface area contributed by atoms with E-state index in [2.05, 4.69) is 47.6 Å². The van der Waals surface area contributed by atoms with Crippen LogP contribution >= 0.6 is 11.8 Å². The molecule has 2 aromatic rings. The first kappa shape index (κ1) is 15.9. The van der Waals surface area contributed by atoms with E-state index in [1.165, 1.54) is 10.5 Å². The smallest absolute Gasteiger partial charge is 0.217 e. The number of nitrogens with zero attached hydrogens (tertiary/aromatic N) is 1. The summed E-state index contributed by atoms with van der Waals surface area (Å²) in [6.45, 7) is 4.17. The fraction of sp³-hybridized carbons (Fsp3) is 0.353. The lowest BCUT2D eigenvalue weighted by Gasteiger charge is -2.08. The molecule has 0 amide bonds. The number of benzene rings is 1. The molecule has 0 aliphatic rings. The first-order valence-corrected chi connectivity index (χ1v) is 8.22. The van der Waals surface area contributed by atoms with E-state index in [1.54, 1.807) is 13.3 Å². The first-order chi connectivity index (χ1) is 10.3. The summed E-state index contributed by atoms with van der Waals surface area (Å²) in [4.78, 5) is 5.51. The fourth-order valence-electron chi connectivity index (χ4n) is 2.03. The number of nitrogens with one attached hydrogen (secondary N) is 1. The summed E-state index contributed by atoms with van der Waals surface area (Å²) in [6, 6.07) is 12.7. The molecular formula is C17H22N2OS. The van der Waals surface area contributed by atoms with Crippen LogP contribution in [0.2, 0.25) is 0 Å². The Morgan fingerprint density at radius 2 is 2.14 bits per heavy atom. The van der Waals surface area contributed by atoms with Gasteiger partial charge in [-0.15, -0.1) is 11.8 Å². The number of ether oxygens (including phenoxy) is 1. The van der Waals surface area contributed by atoms with E-state index in [-0.39, 0.29) is 0 Å². The number of rotatable bonds is 8. The number of hydrogen-bond acceptors (Lipinski definition) is 4. The lowest BCUT2D eigenvalue weighted by Crippen LogP contribution is -2.13. The number of aromatic nitrogens is 1. The van der Waals surface area contributed by atoms with Crippen molar-refractivity contribution in [2.75, 3.05) is 13.7 Å². The molecule has 0 aliphatic carbocycles. The predicted molar refractivity (Wildman–Crippen MR) is 88.8 cm³/mol. The monoisotopic (exact) mass is 302 g/mol. The maximum Gasteiger partial charge on any atom is 0.217 e. The largest absolute Gasteiger partial charge is 0.481 e. The van der Waals surface area contributed by atoms with Gasteiger partial charge in [0.15, 0.2) is 0 Å². The Morgan fingerprint density at radius 3 is 2.95 bits per heavy atom. The van der Waals surface area contributed by atoms with Crippen LogP contribution in [0.3, 0.4) is 0 Å². The Bertz CT molecular complexity index is 560. The molecule has 0 aliphatic heterocycles. The molecule has 4 heteroatoms. The van der Waals surface area contributed by atoms with Crippen molar-refractivity contribution in [3.8, 4) is 5.88 Å². The number of methoxy groups -OCH3 is 1. The lowest BCUT2D eigenvalue weighted by atomic mass is 10.2. The summed E-state index contributed by atoms with van der Waals surface area (Å²) < 4.78 is 5.29. The molecule has 0 saturated heterocycles. The third kappa shape index (κ3) is 5.06. The molecule has 0 saturated carbocycles. The van der Waals surface area contributed by atoms with E-state index in [9.17, 15) is 0 Å². The van der Waals surface area contributed by atoms with Crippen LogP contribution in [0.4, 0.5) is 0 Å². The highest BCUT2D eigenvalue weighted by atomic mass is 32.2. The van der Waals surface area contributed by atoms with Gasteiger partial charge in [-0.1, -0.05) is 25.1 Å². The van der Waals surface area contributed by atoms with Crippen molar-refractivity contribution in [3.63, 3.8) is 0 Å². The van der Waals surface area contributed by atoms with Crippen LogP contribution < -0.4 is 10.1 Å². The maximum atomic E-state index is 5.29. The summed E-state index contributed by atoms with van der Waals surface area (Å²) in [6.07, 6.45) is 2.92. The van der Waals surface area contributed by atoms with Crippen LogP contribution in [0.5, 0.6) is 5.88 Å². The van der Waals surface area contributed by atoms with E-state index < -0.39 is 0 Å². The normalized spacial score (nSPS) is 10.6. The van der Waals surface area contributed by atoms with Gasteiger partial charge in [0.05, 0.1) is 7.11 Å². The fourth-order valence-corrected chi connectivity index (χ4v) is 2.98. The quantitative estimate of drug-likeness (QED) is 0.593. The van der Waals surface area contributed by atoms with Gasteiger partial charge in [-0.05, 0) is 36.7 Å². The second-order valence-corrected chi connectivity index (χ2v) is 5.83. The third-order valence-electron chi connectivity index (χ3n) is 3.09. The highest BCUT2D eigenvalue weighted by Crippen LogP contribution is 2.27. The second-order valence-electron chi connectivity index (χ2n) is 4.78. The SMILES string of the molecule is CCCNCc1cccc(SCc2cccnc2OC)c1. The van der Waals surface area contributed by atoms with E-state index in [4.69, 9.17) is 4.74 Å². The molecule has 1 aromatic heterocycles. The lowest BCUT2D eigenvalue weighted by molar-refractivity contribution is 0.394. The minimum absolute atomic E-state index is 0.714. The van der Waals surface area contributed by atoms with Crippen LogP contribution in [0.25, 0.3) is 0 Å². The molecule has 1 N–H and O–H groups in total. The molecule has 0 fully saturated rings. The molecule has 0 spiro atoms. The standard InChI is InChI=1S/C17H22N2OS/c1-3-9-18-12-14-6-4-8-16(11-14)21-13-15-7-5-10-19-17(15)20-2/h4-8,10-11,18H,3,9,12-13H2,1-2H3. The van der Waals surface area contributed by atoms with Gasteiger partial charge < -0.3 is 10.1 Å². The van der Waals surface area contributed by atoms with Crippen molar-refractivity contribution in [1.82, 2.24) is 10.3 Å². The molecule has 0 radical (unpaired) electrons. The van der Waals surface area contributed by atoms with Crippen molar-refractivity contribution in [3.05, 3.63) is 53.7 Å². The van der Waals surface area contributed by atoms with Crippen LogP contribution in [-0.4, -0.2) is 18.6 Å². The average molecular weight is 302 g/mol. The summed E-state index contributed by atoms with van der Waals surface area (Å²) in [5.74, 6) is 1.58. The average Bonchev–Trinajstić information content (AvgIpc) is 2.54. The zero-order chi connectivity index (χ0) is 14.9. The van der Waals surface area contributed by atoms with Crippen molar-refractivity contribution < 1.29 is 4.74 Å². The van der Waals surface area contributed by atoms with Crippen LogP contribution in [-0.2, 0) is 12.3 Å². The number of pyridine rings is 1. The molecule has 21 heavy (non-hydrogen) atoms. The maximum absolute atomic E-state index is 5.29.